The van der Waals surface area contributed by atoms with Gasteiger partial charge in [-0.2, -0.15) is 13.2 Å². The number of halogens is 3. The van der Waals surface area contributed by atoms with E-state index in [1.165, 1.54) is 0 Å². The Labute approximate surface area is 124 Å². The van der Waals surface area contributed by atoms with Crippen molar-refractivity contribution in [3.8, 4) is 17.4 Å². The standard InChI is InChI=1S/C15H11F3NO3/c1-10(9-20)21-12-3-5-13(6-4-12)22-14-7-2-11(8-19-14)15(16,17)18/h2-8,10H,1H3. The van der Waals surface area contributed by atoms with Crippen LogP contribution >= 0.6 is 0 Å². The molecular formula is C15H11F3NO3. The van der Waals surface area contributed by atoms with Crippen molar-refractivity contribution < 1.29 is 27.4 Å². The lowest BCUT2D eigenvalue weighted by Crippen LogP contribution is -2.12. The number of rotatable bonds is 5. The topological polar surface area (TPSA) is 48.4 Å². The van der Waals surface area contributed by atoms with Crippen molar-refractivity contribution in [2.24, 2.45) is 0 Å². The van der Waals surface area contributed by atoms with Gasteiger partial charge in [0.25, 0.3) is 0 Å². The molecule has 7 heteroatoms. The summed E-state index contributed by atoms with van der Waals surface area (Å²) in [6.07, 6.45) is -2.74. The van der Waals surface area contributed by atoms with E-state index in [4.69, 9.17) is 9.47 Å². The first kappa shape index (κ1) is 15.8. The minimum atomic E-state index is -4.43. The first-order chi connectivity index (χ1) is 10.4. The molecule has 0 amide bonds. The second-order valence-corrected chi connectivity index (χ2v) is 4.33. The van der Waals surface area contributed by atoms with Crippen molar-refractivity contribution in [1.82, 2.24) is 4.98 Å². The van der Waals surface area contributed by atoms with Gasteiger partial charge >= 0.3 is 6.18 Å². The number of benzene rings is 1. The average Bonchev–Trinajstić information content (AvgIpc) is 2.49. The maximum atomic E-state index is 12.4. The SMILES string of the molecule is CC([C]=O)Oc1ccc(Oc2ccc(C(F)(F)F)cn2)cc1. The predicted molar refractivity (Wildman–Crippen MR) is 71.5 cm³/mol. The summed E-state index contributed by atoms with van der Waals surface area (Å²) in [6.45, 7) is 1.55. The van der Waals surface area contributed by atoms with Gasteiger partial charge in [0.1, 0.15) is 11.5 Å². The number of hydrogen-bond acceptors (Lipinski definition) is 4. The van der Waals surface area contributed by atoms with Crippen LogP contribution in [0.5, 0.6) is 17.4 Å². The molecule has 0 N–H and O–H groups in total. The molecule has 4 nitrogen and oxygen atoms in total. The van der Waals surface area contributed by atoms with Crippen LogP contribution < -0.4 is 9.47 Å². The highest BCUT2D eigenvalue weighted by atomic mass is 19.4. The lowest BCUT2D eigenvalue weighted by molar-refractivity contribution is -0.137. The normalized spacial score (nSPS) is 12.5. The van der Waals surface area contributed by atoms with Crippen molar-refractivity contribution >= 4 is 6.29 Å². The van der Waals surface area contributed by atoms with Crippen LogP contribution in [0.15, 0.2) is 42.6 Å². The Balaban J connectivity index is 2.03. The fourth-order valence-corrected chi connectivity index (χ4v) is 1.54. The van der Waals surface area contributed by atoms with Crippen molar-refractivity contribution in [3.63, 3.8) is 0 Å². The average molecular weight is 310 g/mol. The van der Waals surface area contributed by atoms with E-state index in [2.05, 4.69) is 4.98 Å². The molecule has 1 radical (unpaired) electrons. The molecule has 0 aliphatic carbocycles. The molecule has 0 bridgehead atoms. The number of hydrogen-bond donors (Lipinski definition) is 0. The zero-order chi connectivity index (χ0) is 16.2. The zero-order valence-corrected chi connectivity index (χ0v) is 11.4. The molecule has 2 rings (SSSR count). The molecule has 2 aromatic rings. The van der Waals surface area contributed by atoms with Crippen molar-refractivity contribution in [2.75, 3.05) is 0 Å². The Morgan fingerprint density at radius 3 is 2.23 bits per heavy atom. The monoisotopic (exact) mass is 310 g/mol. The Morgan fingerprint density at radius 2 is 1.73 bits per heavy atom. The molecule has 1 unspecified atom stereocenters. The summed E-state index contributed by atoms with van der Waals surface area (Å²) < 4.78 is 47.7. The lowest BCUT2D eigenvalue weighted by Gasteiger charge is -2.10. The molecule has 1 aromatic heterocycles. The van der Waals surface area contributed by atoms with Crippen molar-refractivity contribution in [3.05, 3.63) is 48.2 Å². The summed E-state index contributed by atoms with van der Waals surface area (Å²) in [7, 11) is 0. The van der Waals surface area contributed by atoms with Gasteiger partial charge in [0.15, 0.2) is 6.10 Å². The summed E-state index contributed by atoms with van der Waals surface area (Å²) >= 11 is 0. The van der Waals surface area contributed by atoms with Crippen LogP contribution in [-0.4, -0.2) is 17.4 Å². The summed E-state index contributed by atoms with van der Waals surface area (Å²) in [5.41, 5.74) is -0.845. The van der Waals surface area contributed by atoms with E-state index < -0.39 is 17.8 Å². The highest BCUT2D eigenvalue weighted by Crippen LogP contribution is 2.30. The van der Waals surface area contributed by atoms with Crippen LogP contribution in [-0.2, 0) is 11.0 Å². The van der Waals surface area contributed by atoms with Crippen LogP contribution in [0.2, 0.25) is 0 Å². The Bertz CT molecular complexity index is 624. The second-order valence-electron chi connectivity index (χ2n) is 4.33. The van der Waals surface area contributed by atoms with Crippen LogP contribution in [0.3, 0.4) is 0 Å². The maximum absolute atomic E-state index is 12.4. The van der Waals surface area contributed by atoms with Gasteiger partial charge in [-0.05, 0) is 37.3 Å². The molecule has 0 saturated carbocycles. The summed E-state index contributed by atoms with van der Waals surface area (Å²) in [4.78, 5) is 14.0. The summed E-state index contributed by atoms with van der Waals surface area (Å²) in [6, 6.07) is 8.25. The van der Waals surface area contributed by atoms with Gasteiger partial charge in [0.05, 0.1) is 5.56 Å². The molecule has 0 aliphatic heterocycles. The molecule has 0 fully saturated rings. The summed E-state index contributed by atoms with van der Waals surface area (Å²) in [5.74, 6) is 0.863. The quantitative estimate of drug-likeness (QED) is 0.843. The highest BCUT2D eigenvalue weighted by Gasteiger charge is 2.30. The number of nitrogens with zero attached hydrogens (tertiary/aromatic N) is 1. The van der Waals surface area contributed by atoms with Gasteiger partial charge in [-0.3, -0.25) is 4.79 Å². The van der Waals surface area contributed by atoms with E-state index >= 15 is 0 Å². The largest absolute Gasteiger partial charge is 0.482 e. The molecule has 1 heterocycles. The Hall–Kier alpha value is -2.57. The van der Waals surface area contributed by atoms with Gasteiger partial charge < -0.3 is 9.47 Å². The van der Waals surface area contributed by atoms with Crippen molar-refractivity contribution in [2.45, 2.75) is 19.2 Å². The van der Waals surface area contributed by atoms with E-state index in [1.807, 2.05) is 0 Å². The minimum Gasteiger partial charge on any atom is -0.482 e. The van der Waals surface area contributed by atoms with Gasteiger partial charge in [0.2, 0.25) is 12.2 Å². The lowest BCUT2D eigenvalue weighted by atomic mass is 10.3. The molecule has 22 heavy (non-hydrogen) atoms. The maximum Gasteiger partial charge on any atom is 0.417 e. The number of pyridine rings is 1. The third-order valence-corrected chi connectivity index (χ3v) is 2.59. The van der Waals surface area contributed by atoms with Gasteiger partial charge in [-0.25, -0.2) is 4.98 Å². The first-order valence-electron chi connectivity index (χ1n) is 6.24. The number of aromatic nitrogens is 1. The van der Waals surface area contributed by atoms with Crippen LogP contribution in [0.4, 0.5) is 13.2 Å². The molecular weight excluding hydrogens is 299 g/mol. The minimum absolute atomic E-state index is 0.0382. The van der Waals surface area contributed by atoms with Gasteiger partial charge in [-0.1, -0.05) is 0 Å². The van der Waals surface area contributed by atoms with E-state index in [0.717, 1.165) is 12.1 Å². The second kappa shape index (κ2) is 6.46. The molecule has 0 saturated heterocycles. The fourth-order valence-electron chi connectivity index (χ4n) is 1.54. The van der Waals surface area contributed by atoms with Crippen LogP contribution in [0.1, 0.15) is 12.5 Å². The van der Waals surface area contributed by atoms with Crippen molar-refractivity contribution in [1.29, 1.82) is 0 Å². The van der Waals surface area contributed by atoms with E-state index in [1.54, 1.807) is 37.5 Å². The van der Waals surface area contributed by atoms with Gasteiger partial charge in [-0.15, -0.1) is 0 Å². The third kappa shape index (κ3) is 4.21. The third-order valence-electron chi connectivity index (χ3n) is 2.59. The van der Waals surface area contributed by atoms with E-state index in [9.17, 15) is 18.0 Å². The summed E-state index contributed by atoms with van der Waals surface area (Å²) in [5, 5.41) is 0. The van der Waals surface area contributed by atoms with Crippen LogP contribution in [0, 0.1) is 0 Å². The first-order valence-corrected chi connectivity index (χ1v) is 6.24. The Morgan fingerprint density at radius 1 is 1.09 bits per heavy atom. The molecule has 1 atom stereocenters. The molecule has 115 valence electrons. The number of alkyl halides is 3. The van der Waals surface area contributed by atoms with Gasteiger partial charge in [0, 0.05) is 12.3 Å². The fraction of sp³-hybridized carbons (Fsp3) is 0.200. The van der Waals surface area contributed by atoms with E-state index in [0.29, 0.717) is 17.7 Å². The smallest absolute Gasteiger partial charge is 0.417 e. The molecule has 0 aliphatic rings. The van der Waals surface area contributed by atoms with E-state index in [-0.39, 0.29) is 5.88 Å². The predicted octanol–water partition coefficient (Wildman–Crippen LogP) is 3.77. The Kier molecular flexibility index (Phi) is 4.65. The zero-order valence-electron chi connectivity index (χ0n) is 11.4. The highest BCUT2D eigenvalue weighted by molar-refractivity contribution is 5.57. The number of carbonyl (C=O) groups excluding carboxylic acids is 1. The van der Waals surface area contributed by atoms with Crippen LogP contribution in [0.25, 0.3) is 0 Å². The molecule has 1 aromatic carbocycles. The number of ether oxygens (including phenoxy) is 2. The molecule has 0 spiro atoms.